The van der Waals surface area contributed by atoms with Gasteiger partial charge in [0.05, 0.1) is 25.3 Å². The Morgan fingerprint density at radius 2 is 2.21 bits per heavy atom. The summed E-state index contributed by atoms with van der Waals surface area (Å²) in [6.45, 7) is 1.83. The van der Waals surface area contributed by atoms with Gasteiger partial charge in [-0.15, -0.1) is 0 Å². The third-order valence-electron chi connectivity index (χ3n) is 3.01. The summed E-state index contributed by atoms with van der Waals surface area (Å²) < 4.78 is 10.3. The molecule has 0 saturated heterocycles. The van der Waals surface area contributed by atoms with E-state index in [4.69, 9.17) is 9.84 Å². The molecule has 0 amide bonds. The molecule has 0 aromatic heterocycles. The van der Waals surface area contributed by atoms with Crippen molar-refractivity contribution in [3.63, 3.8) is 0 Å². The number of benzene rings is 1. The van der Waals surface area contributed by atoms with Crippen LogP contribution in [0.2, 0.25) is 0 Å². The first-order chi connectivity index (χ1) is 9.02. The highest BCUT2D eigenvalue weighted by atomic mass is 16.5. The topological polar surface area (TPSA) is 84.9 Å². The van der Waals surface area contributed by atoms with Crippen molar-refractivity contribution in [1.29, 1.82) is 0 Å². The normalized spacial score (nSPS) is 20.7. The summed E-state index contributed by atoms with van der Waals surface area (Å²) in [7, 11) is 1.29. The smallest absolute Gasteiger partial charge is 0.341 e. The number of aliphatic carboxylic acids is 1. The minimum Gasteiger partial charge on any atom is -0.485 e. The molecule has 0 bridgehead atoms. The largest absolute Gasteiger partial charge is 0.485 e. The van der Waals surface area contributed by atoms with Crippen molar-refractivity contribution in [2.75, 3.05) is 12.4 Å². The number of hydrogen-bond acceptors (Lipinski definition) is 5. The molecular formula is C13H15NO5. The van der Waals surface area contributed by atoms with Crippen LogP contribution in [0.1, 0.15) is 23.7 Å². The van der Waals surface area contributed by atoms with Gasteiger partial charge in [0.2, 0.25) is 0 Å². The van der Waals surface area contributed by atoms with Gasteiger partial charge < -0.3 is 19.9 Å². The number of methoxy groups -OCH3 is 1. The van der Waals surface area contributed by atoms with Gasteiger partial charge in [0.15, 0.2) is 5.75 Å². The zero-order valence-electron chi connectivity index (χ0n) is 10.7. The molecule has 6 heteroatoms. The number of esters is 1. The minimum absolute atomic E-state index is 0.136. The Bertz CT molecular complexity index is 514. The van der Waals surface area contributed by atoms with Crippen molar-refractivity contribution in [2.24, 2.45) is 0 Å². The molecule has 19 heavy (non-hydrogen) atoms. The lowest BCUT2D eigenvalue weighted by Crippen LogP contribution is -2.41. The molecule has 1 aliphatic rings. The molecule has 0 saturated carbocycles. The number of nitrogens with one attached hydrogen (secondary N) is 1. The highest BCUT2D eigenvalue weighted by molar-refractivity contribution is 5.95. The maximum Gasteiger partial charge on any atom is 0.341 e. The Balaban J connectivity index is 2.35. The van der Waals surface area contributed by atoms with Crippen LogP contribution in [0.5, 0.6) is 5.75 Å². The fourth-order valence-corrected chi connectivity index (χ4v) is 2.03. The summed E-state index contributed by atoms with van der Waals surface area (Å²) in [5, 5.41) is 12.0. The molecule has 1 aromatic carbocycles. The van der Waals surface area contributed by atoms with Crippen molar-refractivity contribution in [3.05, 3.63) is 23.8 Å². The number of ether oxygens (including phenoxy) is 2. The molecule has 2 rings (SSSR count). The molecule has 2 unspecified atom stereocenters. The number of rotatable bonds is 3. The van der Waals surface area contributed by atoms with Gasteiger partial charge in [-0.25, -0.2) is 4.79 Å². The lowest BCUT2D eigenvalue weighted by molar-refractivity contribution is -0.139. The number of carboxylic acid groups (broad SMARTS) is 1. The van der Waals surface area contributed by atoms with Crippen LogP contribution < -0.4 is 10.1 Å². The Kier molecular flexibility index (Phi) is 3.59. The fourth-order valence-electron chi connectivity index (χ4n) is 2.03. The van der Waals surface area contributed by atoms with Crippen molar-refractivity contribution in [1.82, 2.24) is 0 Å². The van der Waals surface area contributed by atoms with Crippen LogP contribution >= 0.6 is 0 Å². The molecule has 1 aromatic rings. The predicted octanol–water partition coefficient (Wildman–Crippen LogP) is 1.51. The molecule has 102 valence electrons. The van der Waals surface area contributed by atoms with Gasteiger partial charge >= 0.3 is 11.9 Å². The molecule has 1 aliphatic heterocycles. The van der Waals surface area contributed by atoms with E-state index in [9.17, 15) is 9.59 Å². The van der Waals surface area contributed by atoms with E-state index in [-0.39, 0.29) is 18.0 Å². The Morgan fingerprint density at radius 1 is 1.47 bits per heavy atom. The van der Waals surface area contributed by atoms with E-state index in [1.54, 1.807) is 18.2 Å². The first-order valence-corrected chi connectivity index (χ1v) is 5.89. The van der Waals surface area contributed by atoms with E-state index in [0.29, 0.717) is 11.4 Å². The number of carbonyl (C=O) groups excluding carboxylic acids is 1. The first kappa shape index (κ1) is 13.2. The summed E-state index contributed by atoms with van der Waals surface area (Å²) in [5.41, 5.74) is 0.951. The molecule has 0 spiro atoms. The van der Waals surface area contributed by atoms with E-state index < -0.39 is 18.0 Å². The Morgan fingerprint density at radius 3 is 2.84 bits per heavy atom. The van der Waals surface area contributed by atoms with Gasteiger partial charge in [0.25, 0.3) is 0 Å². The van der Waals surface area contributed by atoms with Crippen LogP contribution in [0.4, 0.5) is 5.69 Å². The standard InChI is InChI=1S/C13H15NO5/c1-7-10(6-11(15)16)19-12-8(13(17)18-2)4-3-5-9(12)14-7/h3-5,7,10,14H,6H2,1-2H3,(H,15,16). The van der Waals surface area contributed by atoms with Crippen LogP contribution in [0, 0.1) is 0 Å². The fraction of sp³-hybridized carbons (Fsp3) is 0.385. The average molecular weight is 265 g/mol. The van der Waals surface area contributed by atoms with E-state index in [0.717, 1.165) is 0 Å². The number of para-hydroxylation sites is 1. The van der Waals surface area contributed by atoms with Crippen LogP contribution in [0.15, 0.2) is 18.2 Å². The molecule has 2 atom stereocenters. The van der Waals surface area contributed by atoms with Crippen molar-refractivity contribution < 1.29 is 24.2 Å². The third-order valence-corrected chi connectivity index (χ3v) is 3.01. The van der Waals surface area contributed by atoms with E-state index in [2.05, 4.69) is 10.1 Å². The summed E-state index contributed by atoms with van der Waals surface area (Å²) in [5.74, 6) is -1.11. The summed E-state index contributed by atoms with van der Waals surface area (Å²) in [6, 6.07) is 4.91. The third kappa shape index (κ3) is 2.62. The lowest BCUT2D eigenvalue weighted by Gasteiger charge is -2.33. The van der Waals surface area contributed by atoms with Crippen molar-refractivity contribution in [2.45, 2.75) is 25.5 Å². The molecule has 0 aliphatic carbocycles. The molecular weight excluding hydrogens is 250 g/mol. The van der Waals surface area contributed by atoms with Crippen molar-refractivity contribution in [3.8, 4) is 5.75 Å². The number of carbonyl (C=O) groups is 2. The molecule has 0 radical (unpaired) electrons. The number of hydrogen-bond donors (Lipinski definition) is 2. The highest BCUT2D eigenvalue weighted by Crippen LogP contribution is 2.35. The molecule has 0 fully saturated rings. The molecule has 6 nitrogen and oxygen atoms in total. The lowest BCUT2D eigenvalue weighted by atomic mass is 10.0. The maximum atomic E-state index is 11.6. The monoisotopic (exact) mass is 265 g/mol. The summed E-state index contributed by atoms with van der Waals surface area (Å²) in [4.78, 5) is 22.5. The second-order valence-electron chi connectivity index (χ2n) is 4.36. The average Bonchev–Trinajstić information content (AvgIpc) is 2.37. The van der Waals surface area contributed by atoms with Gasteiger partial charge in [0.1, 0.15) is 11.7 Å². The van der Waals surface area contributed by atoms with Crippen LogP contribution in [0.25, 0.3) is 0 Å². The SMILES string of the molecule is COC(=O)c1cccc2c1OC(CC(=O)O)C(C)N2. The number of fused-ring (bicyclic) bond motifs is 1. The van der Waals surface area contributed by atoms with Crippen LogP contribution in [0.3, 0.4) is 0 Å². The number of anilines is 1. The zero-order valence-corrected chi connectivity index (χ0v) is 10.7. The predicted molar refractivity (Wildman–Crippen MR) is 67.5 cm³/mol. The van der Waals surface area contributed by atoms with Gasteiger partial charge in [-0.3, -0.25) is 4.79 Å². The van der Waals surface area contributed by atoms with Gasteiger partial charge in [-0.2, -0.15) is 0 Å². The second kappa shape index (κ2) is 5.17. The summed E-state index contributed by atoms with van der Waals surface area (Å²) >= 11 is 0. The molecule has 2 N–H and O–H groups in total. The maximum absolute atomic E-state index is 11.6. The number of carboxylic acids is 1. The summed E-state index contributed by atoms with van der Waals surface area (Å²) in [6.07, 6.45) is -0.667. The first-order valence-electron chi connectivity index (χ1n) is 5.89. The molecule has 1 heterocycles. The van der Waals surface area contributed by atoms with Crippen molar-refractivity contribution >= 4 is 17.6 Å². The van der Waals surface area contributed by atoms with Crippen LogP contribution in [-0.4, -0.2) is 36.3 Å². The quantitative estimate of drug-likeness (QED) is 0.806. The van der Waals surface area contributed by atoms with Gasteiger partial charge in [0, 0.05) is 0 Å². The zero-order chi connectivity index (χ0) is 14.0. The second-order valence-corrected chi connectivity index (χ2v) is 4.36. The Hall–Kier alpha value is -2.24. The van der Waals surface area contributed by atoms with Gasteiger partial charge in [-0.05, 0) is 19.1 Å². The minimum atomic E-state index is -0.947. The van der Waals surface area contributed by atoms with E-state index in [1.807, 2.05) is 6.92 Å². The Labute approximate surface area is 110 Å². The van der Waals surface area contributed by atoms with Crippen LogP contribution in [-0.2, 0) is 9.53 Å². The van der Waals surface area contributed by atoms with E-state index >= 15 is 0 Å². The highest BCUT2D eigenvalue weighted by Gasteiger charge is 2.31. The van der Waals surface area contributed by atoms with Gasteiger partial charge in [-0.1, -0.05) is 6.07 Å². The van der Waals surface area contributed by atoms with E-state index in [1.165, 1.54) is 7.11 Å².